The fourth-order valence-corrected chi connectivity index (χ4v) is 2.37. The van der Waals surface area contributed by atoms with E-state index in [4.69, 9.17) is 9.47 Å². The molecule has 0 radical (unpaired) electrons. The van der Waals surface area contributed by atoms with Crippen LogP contribution < -0.4 is 14.8 Å². The van der Waals surface area contributed by atoms with E-state index >= 15 is 0 Å². The Hall–Kier alpha value is -2.49. The first kappa shape index (κ1) is 18.8. The zero-order chi connectivity index (χ0) is 18.1. The fraction of sp³-hybridized carbons (Fsp3) is 0.381. The molecule has 0 aliphatic heterocycles. The molecule has 0 aromatic heterocycles. The van der Waals surface area contributed by atoms with E-state index in [1.807, 2.05) is 31.2 Å². The molecule has 0 fully saturated rings. The van der Waals surface area contributed by atoms with Crippen LogP contribution in [0.2, 0.25) is 0 Å². The van der Waals surface area contributed by atoms with Gasteiger partial charge in [0.2, 0.25) is 0 Å². The summed E-state index contributed by atoms with van der Waals surface area (Å²) >= 11 is 0. The van der Waals surface area contributed by atoms with Crippen molar-refractivity contribution in [3.63, 3.8) is 0 Å². The molecule has 0 unspecified atom stereocenters. The van der Waals surface area contributed by atoms with E-state index in [1.54, 1.807) is 12.1 Å². The van der Waals surface area contributed by atoms with Crippen LogP contribution in [0.5, 0.6) is 11.5 Å². The van der Waals surface area contributed by atoms with Gasteiger partial charge in [-0.3, -0.25) is 4.79 Å². The van der Waals surface area contributed by atoms with Gasteiger partial charge in [-0.15, -0.1) is 0 Å². The van der Waals surface area contributed by atoms with Crippen LogP contribution in [-0.2, 0) is 0 Å². The van der Waals surface area contributed by atoms with Crippen molar-refractivity contribution in [2.45, 2.75) is 33.6 Å². The smallest absolute Gasteiger partial charge is 0.251 e. The van der Waals surface area contributed by atoms with Crippen LogP contribution in [0.25, 0.3) is 0 Å². The molecule has 0 saturated carbocycles. The molecule has 1 N–H and O–H groups in total. The fourth-order valence-electron chi connectivity index (χ4n) is 2.37. The molecule has 0 spiro atoms. The van der Waals surface area contributed by atoms with E-state index in [0.29, 0.717) is 25.3 Å². The largest absolute Gasteiger partial charge is 0.494 e. The summed E-state index contributed by atoms with van der Waals surface area (Å²) in [7, 11) is 0. The Balaban J connectivity index is 1.80. The molecule has 2 rings (SSSR count). The lowest BCUT2D eigenvalue weighted by Gasteiger charge is -2.12. The number of hydrogen-bond donors (Lipinski definition) is 1. The number of hydrogen-bond acceptors (Lipinski definition) is 3. The van der Waals surface area contributed by atoms with Gasteiger partial charge in [0, 0.05) is 5.56 Å². The van der Waals surface area contributed by atoms with Crippen LogP contribution in [0.1, 0.15) is 41.3 Å². The molecule has 25 heavy (non-hydrogen) atoms. The first-order valence-corrected chi connectivity index (χ1v) is 8.82. The maximum atomic E-state index is 12.2. The Morgan fingerprint density at radius 1 is 1.04 bits per heavy atom. The molecular weight excluding hydrogens is 314 g/mol. The van der Waals surface area contributed by atoms with Crippen molar-refractivity contribution in [2.24, 2.45) is 0 Å². The standard InChI is InChI=1S/C21H27NO3/c1-4-5-13-24-19-10-7-9-18(15-19)21(23)22-12-14-25-20-11-6-8-16(2)17(20)3/h6-11,15H,4-5,12-14H2,1-3H3,(H,22,23). The number of ether oxygens (including phenoxy) is 2. The number of unbranched alkanes of at least 4 members (excludes halogenated alkanes) is 1. The van der Waals surface area contributed by atoms with Gasteiger partial charge in [0.15, 0.2) is 0 Å². The molecule has 0 bridgehead atoms. The maximum absolute atomic E-state index is 12.2. The van der Waals surface area contributed by atoms with Crippen molar-refractivity contribution in [3.05, 3.63) is 59.2 Å². The number of amides is 1. The molecule has 0 heterocycles. The Morgan fingerprint density at radius 2 is 1.84 bits per heavy atom. The molecule has 2 aromatic rings. The Morgan fingerprint density at radius 3 is 2.64 bits per heavy atom. The van der Waals surface area contributed by atoms with Crippen LogP contribution >= 0.6 is 0 Å². The highest BCUT2D eigenvalue weighted by atomic mass is 16.5. The molecule has 134 valence electrons. The third-order valence-electron chi connectivity index (χ3n) is 4.06. The Bertz CT molecular complexity index is 697. The predicted molar refractivity (Wildman–Crippen MR) is 101 cm³/mol. The van der Waals surface area contributed by atoms with Crippen molar-refractivity contribution >= 4 is 5.91 Å². The quantitative estimate of drug-likeness (QED) is 0.692. The summed E-state index contributed by atoms with van der Waals surface area (Å²) in [5.41, 5.74) is 2.92. The normalized spacial score (nSPS) is 10.4. The van der Waals surface area contributed by atoms with Crippen molar-refractivity contribution in [1.29, 1.82) is 0 Å². The van der Waals surface area contributed by atoms with Gasteiger partial charge >= 0.3 is 0 Å². The summed E-state index contributed by atoms with van der Waals surface area (Å²) in [5, 5.41) is 2.88. The molecule has 1 amide bonds. The summed E-state index contributed by atoms with van der Waals surface area (Å²) in [6, 6.07) is 13.2. The van der Waals surface area contributed by atoms with E-state index < -0.39 is 0 Å². The third kappa shape index (κ3) is 5.82. The summed E-state index contributed by atoms with van der Waals surface area (Å²) in [6.07, 6.45) is 2.09. The third-order valence-corrected chi connectivity index (χ3v) is 4.06. The van der Waals surface area contributed by atoms with Gasteiger partial charge in [-0.25, -0.2) is 0 Å². The average molecular weight is 341 g/mol. The van der Waals surface area contributed by atoms with Crippen LogP contribution in [0.3, 0.4) is 0 Å². The van der Waals surface area contributed by atoms with Crippen molar-refractivity contribution in [2.75, 3.05) is 19.8 Å². The van der Waals surface area contributed by atoms with Crippen LogP contribution in [0.15, 0.2) is 42.5 Å². The number of carbonyl (C=O) groups excluding carboxylic acids is 1. The van der Waals surface area contributed by atoms with Gasteiger partial charge in [0.05, 0.1) is 13.2 Å². The second kappa shape index (κ2) is 9.72. The summed E-state index contributed by atoms with van der Waals surface area (Å²) in [4.78, 5) is 12.2. The lowest BCUT2D eigenvalue weighted by Crippen LogP contribution is -2.28. The van der Waals surface area contributed by atoms with Gasteiger partial charge in [0.25, 0.3) is 5.91 Å². The monoisotopic (exact) mass is 341 g/mol. The van der Waals surface area contributed by atoms with E-state index in [2.05, 4.69) is 25.2 Å². The van der Waals surface area contributed by atoms with Crippen molar-refractivity contribution in [3.8, 4) is 11.5 Å². The highest BCUT2D eigenvalue weighted by Crippen LogP contribution is 2.20. The van der Waals surface area contributed by atoms with Gasteiger partial charge in [0.1, 0.15) is 18.1 Å². The van der Waals surface area contributed by atoms with E-state index in [-0.39, 0.29) is 5.91 Å². The topological polar surface area (TPSA) is 47.6 Å². The van der Waals surface area contributed by atoms with E-state index in [9.17, 15) is 4.79 Å². The van der Waals surface area contributed by atoms with Gasteiger partial charge in [-0.05, 0) is 55.7 Å². The van der Waals surface area contributed by atoms with E-state index in [1.165, 1.54) is 5.56 Å². The summed E-state index contributed by atoms with van der Waals surface area (Å²) in [5.74, 6) is 1.47. The number of carbonyl (C=O) groups is 1. The molecule has 0 atom stereocenters. The zero-order valence-electron chi connectivity index (χ0n) is 15.3. The molecule has 0 saturated heterocycles. The minimum atomic E-state index is -0.120. The Kier molecular flexibility index (Phi) is 7.33. The molecule has 4 heteroatoms. The minimum Gasteiger partial charge on any atom is -0.494 e. The molecule has 0 aliphatic rings. The lowest BCUT2D eigenvalue weighted by atomic mass is 10.1. The molecule has 2 aromatic carbocycles. The highest BCUT2D eigenvalue weighted by Gasteiger charge is 2.07. The van der Waals surface area contributed by atoms with E-state index in [0.717, 1.165) is 29.9 Å². The SMILES string of the molecule is CCCCOc1cccc(C(=O)NCCOc2cccc(C)c2C)c1. The number of aryl methyl sites for hydroxylation is 1. The second-order valence-corrected chi connectivity index (χ2v) is 6.03. The second-order valence-electron chi connectivity index (χ2n) is 6.03. The lowest BCUT2D eigenvalue weighted by molar-refractivity contribution is 0.0946. The minimum absolute atomic E-state index is 0.120. The number of nitrogens with one attached hydrogen (secondary N) is 1. The van der Waals surface area contributed by atoms with Gasteiger partial charge in [-0.1, -0.05) is 31.5 Å². The molecule has 4 nitrogen and oxygen atoms in total. The van der Waals surface area contributed by atoms with Gasteiger partial charge < -0.3 is 14.8 Å². The van der Waals surface area contributed by atoms with Crippen LogP contribution in [-0.4, -0.2) is 25.7 Å². The molecular formula is C21H27NO3. The first-order valence-electron chi connectivity index (χ1n) is 8.82. The van der Waals surface area contributed by atoms with Gasteiger partial charge in [-0.2, -0.15) is 0 Å². The van der Waals surface area contributed by atoms with Crippen LogP contribution in [0, 0.1) is 13.8 Å². The zero-order valence-corrected chi connectivity index (χ0v) is 15.3. The number of benzene rings is 2. The predicted octanol–water partition coefficient (Wildman–Crippen LogP) is 4.29. The summed E-state index contributed by atoms with van der Waals surface area (Å²) < 4.78 is 11.4. The van der Waals surface area contributed by atoms with Crippen molar-refractivity contribution in [1.82, 2.24) is 5.32 Å². The Labute approximate surface area is 150 Å². The first-order chi connectivity index (χ1) is 12.1. The molecule has 0 aliphatic carbocycles. The maximum Gasteiger partial charge on any atom is 0.251 e. The van der Waals surface area contributed by atoms with Crippen LogP contribution in [0.4, 0.5) is 0 Å². The number of rotatable bonds is 9. The average Bonchev–Trinajstić information content (AvgIpc) is 2.62. The summed E-state index contributed by atoms with van der Waals surface area (Å²) in [6.45, 7) is 7.77. The highest BCUT2D eigenvalue weighted by molar-refractivity contribution is 5.94. The van der Waals surface area contributed by atoms with Crippen molar-refractivity contribution < 1.29 is 14.3 Å².